The monoisotopic (exact) mass is 355 g/mol. The number of aromatic nitrogens is 2. The molecule has 0 spiro atoms. The first kappa shape index (κ1) is 16.1. The maximum absolute atomic E-state index is 6.18. The van der Waals surface area contributed by atoms with Crippen molar-refractivity contribution in [1.29, 1.82) is 0 Å². The van der Waals surface area contributed by atoms with Crippen molar-refractivity contribution in [3.63, 3.8) is 0 Å². The van der Waals surface area contributed by atoms with Crippen molar-refractivity contribution in [2.75, 3.05) is 38.3 Å². The molecule has 1 saturated heterocycles. The zero-order chi connectivity index (χ0) is 17.2. The number of hydrogen-bond acceptors (Lipinski definition) is 5. The van der Waals surface area contributed by atoms with E-state index in [2.05, 4.69) is 4.90 Å². The van der Waals surface area contributed by atoms with Crippen LogP contribution in [0, 0.1) is 0 Å². The summed E-state index contributed by atoms with van der Waals surface area (Å²) in [6.07, 6.45) is 0. The fraction of sp³-hybridized carbons (Fsp3) is 0.263. The summed E-state index contributed by atoms with van der Waals surface area (Å²) in [4.78, 5) is 11.8. The molecule has 5 nitrogen and oxygen atoms in total. The molecule has 0 atom stereocenters. The largest absolute Gasteiger partial charge is 0.497 e. The molecule has 3 aromatic rings. The lowest BCUT2D eigenvalue weighted by Gasteiger charge is -2.29. The molecule has 1 fully saturated rings. The number of methoxy groups -OCH3 is 1. The number of nitrogens with zero attached hydrogens (tertiary/aromatic N) is 3. The molecule has 0 aliphatic carbocycles. The van der Waals surface area contributed by atoms with Crippen LogP contribution in [0.2, 0.25) is 5.02 Å². The van der Waals surface area contributed by atoms with Crippen LogP contribution in [-0.2, 0) is 4.74 Å². The lowest BCUT2D eigenvalue weighted by Crippen LogP contribution is -2.37. The van der Waals surface area contributed by atoms with E-state index in [1.807, 2.05) is 42.5 Å². The second-order valence-corrected chi connectivity index (χ2v) is 6.30. The van der Waals surface area contributed by atoms with Gasteiger partial charge in [-0.25, -0.2) is 9.97 Å². The number of ether oxygens (including phenoxy) is 2. The van der Waals surface area contributed by atoms with Crippen LogP contribution < -0.4 is 9.64 Å². The van der Waals surface area contributed by atoms with Gasteiger partial charge in [-0.05, 0) is 42.5 Å². The van der Waals surface area contributed by atoms with E-state index >= 15 is 0 Å². The van der Waals surface area contributed by atoms with Gasteiger partial charge in [0.15, 0.2) is 5.82 Å². The molecule has 0 bridgehead atoms. The van der Waals surface area contributed by atoms with Crippen LogP contribution in [0.15, 0.2) is 42.5 Å². The van der Waals surface area contributed by atoms with E-state index in [1.165, 1.54) is 0 Å². The topological polar surface area (TPSA) is 47.5 Å². The van der Waals surface area contributed by atoms with Crippen LogP contribution in [0.4, 0.5) is 5.82 Å². The molecule has 1 aromatic heterocycles. The van der Waals surface area contributed by atoms with Gasteiger partial charge in [0.25, 0.3) is 0 Å². The van der Waals surface area contributed by atoms with Gasteiger partial charge in [-0.3, -0.25) is 0 Å². The Balaban J connectivity index is 1.86. The van der Waals surface area contributed by atoms with Gasteiger partial charge in [-0.15, -0.1) is 0 Å². The summed E-state index contributed by atoms with van der Waals surface area (Å²) in [7, 11) is 1.65. The first-order valence-corrected chi connectivity index (χ1v) is 8.57. The van der Waals surface area contributed by atoms with Crippen LogP contribution >= 0.6 is 11.6 Å². The molecule has 0 unspecified atom stereocenters. The molecule has 0 N–H and O–H groups in total. The first-order chi connectivity index (χ1) is 12.2. The zero-order valence-corrected chi connectivity index (χ0v) is 14.7. The highest BCUT2D eigenvalue weighted by atomic mass is 35.5. The number of fused-ring (bicyclic) bond motifs is 1. The average Bonchev–Trinajstić information content (AvgIpc) is 2.67. The van der Waals surface area contributed by atoms with E-state index in [-0.39, 0.29) is 0 Å². The highest BCUT2D eigenvalue weighted by Crippen LogP contribution is 2.30. The molecule has 1 aliphatic rings. The highest BCUT2D eigenvalue weighted by molar-refractivity contribution is 6.31. The van der Waals surface area contributed by atoms with Crippen molar-refractivity contribution >= 4 is 28.3 Å². The quantitative estimate of drug-likeness (QED) is 0.715. The molecule has 1 aliphatic heterocycles. The summed E-state index contributed by atoms with van der Waals surface area (Å²) < 4.78 is 10.7. The van der Waals surface area contributed by atoms with Crippen molar-refractivity contribution in [3.8, 4) is 17.1 Å². The lowest BCUT2D eigenvalue weighted by atomic mass is 10.1. The van der Waals surface area contributed by atoms with Gasteiger partial charge in [-0.2, -0.15) is 0 Å². The summed E-state index contributed by atoms with van der Waals surface area (Å²) in [6, 6.07) is 13.5. The van der Waals surface area contributed by atoms with Gasteiger partial charge in [0.05, 0.1) is 25.8 Å². The molecule has 25 heavy (non-hydrogen) atoms. The van der Waals surface area contributed by atoms with Crippen LogP contribution in [0.25, 0.3) is 22.3 Å². The van der Waals surface area contributed by atoms with Crippen LogP contribution in [-0.4, -0.2) is 43.4 Å². The van der Waals surface area contributed by atoms with E-state index in [0.29, 0.717) is 24.1 Å². The van der Waals surface area contributed by atoms with Gasteiger partial charge in [0.1, 0.15) is 11.6 Å². The van der Waals surface area contributed by atoms with Crippen molar-refractivity contribution in [2.45, 2.75) is 0 Å². The molecule has 4 rings (SSSR count). The van der Waals surface area contributed by atoms with Crippen molar-refractivity contribution in [2.24, 2.45) is 0 Å². The molecular formula is C19H18ClN3O2. The Bertz CT molecular complexity index is 893. The third kappa shape index (κ3) is 3.25. The minimum atomic E-state index is 0.666. The van der Waals surface area contributed by atoms with Crippen LogP contribution in [0.3, 0.4) is 0 Å². The Kier molecular flexibility index (Phi) is 4.42. The van der Waals surface area contributed by atoms with E-state index in [0.717, 1.165) is 41.1 Å². The SMILES string of the molecule is COc1ccc(-c2nc(N3CCOCC3)c3ccc(Cl)cc3n2)cc1. The van der Waals surface area contributed by atoms with Crippen molar-refractivity contribution < 1.29 is 9.47 Å². The second kappa shape index (κ2) is 6.86. The van der Waals surface area contributed by atoms with E-state index in [9.17, 15) is 0 Å². The second-order valence-electron chi connectivity index (χ2n) is 5.86. The summed E-state index contributed by atoms with van der Waals surface area (Å²) in [5.41, 5.74) is 1.78. The molecule has 0 amide bonds. The van der Waals surface area contributed by atoms with Gasteiger partial charge < -0.3 is 14.4 Å². The van der Waals surface area contributed by atoms with E-state index < -0.39 is 0 Å². The van der Waals surface area contributed by atoms with E-state index in [1.54, 1.807) is 7.11 Å². The smallest absolute Gasteiger partial charge is 0.162 e. The van der Waals surface area contributed by atoms with Gasteiger partial charge in [0, 0.05) is 29.1 Å². The lowest BCUT2D eigenvalue weighted by molar-refractivity contribution is 0.122. The normalized spacial score (nSPS) is 14.7. The van der Waals surface area contributed by atoms with Gasteiger partial charge >= 0.3 is 0 Å². The zero-order valence-electron chi connectivity index (χ0n) is 13.9. The third-order valence-electron chi connectivity index (χ3n) is 4.30. The fourth-order valence-electron chi connectivity index (χ4n) is 2.97. The Labute approximate surface area is 151 Å². The average molecular weight is 356 g/mol. The Morgan fingerprint density at radius 2 is 1.80 bits per heavy atom. The Morgan fingerprint density at radius 3 is 2.52 bits per heavy atom. The summed E-state index contributed by atoms with van der Waals surface area (Å²) in [5, 5.41) is 1.67. The maximum atomic E-state index is 6.18. The number of rotatable bonds is 3. The molecule has 2 aromatic carbocycles. The Hall–Kier alpha value is -2.37. The maximum Gasteiger partial charge on any atom is 0.162 e. The number of anilines is 1. The minimum absolute atomic E-state index is 0.666. The highest BCUT2D eigenvalue weighted by Gasteiger charge is 2.18. The molecule has 0 saturated carbocycles. The number of morpholine rings is 1. The number of halogens is 1. The van der Waals surface area contributed by atoms with Crippen LogP contribution in [0.1, 0.15) is 0 Å². The molecule has 0 radical (unpaired) electrons. The molecule has 6 heteroatoms. The molecular weight excluding hydrogens is 338 g/mol. The third-order valence-corrected chi connectivity index (χ3v) is 4.53. The summed E-state index contributed by atoms with van der Waals surface area (Å²) >= 11 is 6.18. The molecule has 128 valence electrons. The Morgan fingerprint density at radius 1 is 1.04 bits per heavy atom. The van der Waals surface area contributed by atoms with Crippen molar-refractivity contribution in [1.82, 2.24) is 9.97 Å². The minimum Gasteiger partial charge on any atom is -0.497 e. The van der Waals surface area contributed by atoms with Crippen molar-refractivity contribution in [3.05, 3.63) is 47.5 Å². The van der Waals surface area contributed by atoms with Crippen LogP contribution in [0.5, 0.6) is 5.75 Å². The standard InChI is InChI=1S/C19H18ClN3O2/c1-24-15-5-2-13(3-6-15)18-21-17-12-14(20)4-7-16(17)19(22-18)23-8-10-25-11-9-23/h2-7,12H,8-11H2,1H3. The van der Waals surface area contributed by atoms with Gasteiger partial charge in [0.2, 0.25) is 0 Å². The summed E-state index contributed by atoms with van der Waals surface area (Å²) in [6.45, 7) is 3.04. The fourth-order valence-corrected chi connectivity index (χ4v) is 3.14. The molecule has 2 heterocycles. The number of benzene rings is 2. The predicted octanol–water partition coefficient (Wildman–Crippen LogP) is 3.80. The number of hydrogen-bond donors (Lipinski definition) is 0. The van der Waals surface area contributed by atoms with E-state index in [4.69, 9.17) is 31.0 Å². The summed E-state index contributed by atoms with van der Waals surface area (Å²) in [5.74, 6) is 2.41. The first-order valence-electron chi connectivity index (χ1n) is 8.19. The van der Waals surface area contributed by atoms with Gasteiger partial charge in [-0.1, -0.05) is 11.6 Å². The predicted molar refractivity (Wildman–Crippen MR) is 99.6 cm³/mol.